The highest BCUT2D eigenvalue weighted by Gasteiger charge is 2.26. The van der Waals surface area contributed by atoms with E-state index in [4.69, 9.17) is 4.63 Å². The van der Waals surface area contributed by atoms with Crippen LogP contribution in [0.15, 0.2) is 92.2 Å². The summed E-state index contributed by atoms with van der Waals surface area (Å²) in [6.45, 7) is 0. The van der Waals surface area contributed by atoms with E-state index >= 15 is 0 Å². The van der Waals surface area contributed by atoms with E-state index in [1.807, 2.05) is 30.3 Å². The molecule has 0 saturated carbocycles. The molecular weight excluding hydrogens is 476 g/mol. The van der Waals surface area contributed by atoms with Crippen LogP contribution < -0.4 is 4.72 Å². The molecule has 0 aliphatic carbocycles. The first-order valence-corrected chi connectivity index (χ1v) is 12.2. The Bertz CT molecular complexity index is 1630. The maximum Gasteiger partial charge on any atom is 0.337 e. The van der Waals surface area contributed by atoms with Gasteiger partial charge in [0, 0.05) is 27.1 Å². The number of fused-ring (bicyclic) bond motifs is 2. The molecule has 5 aromatic rings. The van der Waals surface area contributed by atoms with E-state index in [0.717, 1.165) is 15.8 Å². The monoisotopic (exact) mass is 492 g/mol. The van der Waals surface area contributed by atoms with Gasteiger partial charge in [0.25, 0.3) is 10.0 Å². The van der Waals surface area contributed by atoms with E-state index in [0.29, 0.717) is 16.0 Å². The van der Waals surface area contributed by atoms with Crippen LogP contribution in [-0.4, -0.2) is 36.8 Å². The number of anilines is 1. The Balaban J connectivity index is 1.57. The molecule has 1 N–H and O–H groups in total. The normalized spacial score (nSPS) is 11.6. The molecule has 9 nitrogen and oxygen atoms in total. The lowest BCUT2D eigenvalue weighted by molar-refractivity contribution is 0.0600. The van der Waals surface area contributed by atoms with Gasteiger partial charge in [-0.3, -0.25) is 9.71 Å². The molecular formula is C23H16N4O5S2. The van der Waals surface area contributed by atoms with Gasteiger partial charge < -0.3 is 4.74 Å². The molecule has 0 fully saturated rings. The third-order valence-electron chi connectivity index (χ3n) is 4.99. The van der Waals surface area contributed by atoms with E-state index < -0.39 is 16.0 Å². The largest absolute Gasteiger partial charge is 0.465 e. The van der Waals surface area contributed by atoms with Crippen molar-refractivity contribution in [3.05, 3.63) is 78.5 Å². The van der Waals surface area contributed by atoms with Crippen LogP contribution in [0.1, 0.15) is 10.4 Å². The number of pyridine rings is 1. The van der Waals surface area contributed by atoms with Crippen LogP contribution in [0.4, 0.5) is 5.69 Å². The number of ether oxygens (including phenoxy) is 1. The molecule has 0 radical (unpaired) electrons. The molecule has 0 unspecified atom stereocenters. The summed E-state index contributed by atoms with van der Waals surface area (Å²) in [5.41, 5.74) is 1.73. The number of carbonyl (C=O) groups is 1. The number of esters is 1. The average Bonchev–Trinajstić information content (AvgIpc) is 3.32. The van der Waals surface area contributed by atoms with E-state index in [1.54, 1.807) is 18.3 Å². The third kappa shape index (κ3) is 4.06. The lowest BCUT2D eigenvalue weighted by Crippen LogP contribution is -2.15. The molecule has 2 aromatic heterocycles. The Morgan fingerprint density at radius 3 is 2.53 bits per heavy atom. The Hall–Kier alpha value is -3.96. The number of benzene rings is 3. The van der Waals surface area contributed by atoms with Crippen molar-refractivity contribution in [2.45, 2.75) is 14.7 Å². The van der Waals surface area contributed by atoms with Crippen molar-refractivity contribution in [1.29, 1.82) is 0 Å². The van der Waals surface area contributed by atoms with Crippen LogP contribution in [0.2, 0.25) is 0 Å². The van der Waals surface area contributed by atoms with Crippen molar-refractivity contribution in [1.82, 2.24) is 15.3 Å². The number of hydrogen-bond donors (Lipinski definition) is 1. The predicted octanol–water partition coefficient (Wildman–Crippen LogP) is 4.51. The number of sulfonamides is 1. The second-order valence-electron chi connectivity index (χ2n) is 7.13. The molecule has 0 aliphatic heterocycles. The van der Waals surface area contributed by atoms with Crippen molar-refractivity contribution >= 4 is 55.4 Å². The summed E-state index contributed by atoms with van der Waals surface area (Å²) < 4.78 is 39.1. The fourth-order valence-electron chi connectivity index (χ4n) is 3.42. The number of aromatic nitrogens is 3. The summed E-state index contributed by atoms with van der Waals surface area (Å²) in [5.74, 6) is -0.518. The zero-order valence-electron chi connectivity index (χ0n) is 17.6. The molecule has 0 saturated heterocycles. The van der Waals surface area contributed by atoms with Crippen LogP contribution in [0, 0.1) is 0 Å². The van der Waals surface area contributed by atoms with E-state index in [-0.39, 0.29) is 16.1 Å². The highest BCUT2D eigenvalue weighted by atomic mass is 32.2. The molecule has 34 heavy (non-hydrogen) atoms. The molecule has 0 amide bonds. The van der Waals surface area contributed by atoms with E-state index in [9.17, 15) is 13.2 Å². The topological polar surface area (TPSA) is 124 Å². The fraction of sp³-hybridized carbons (Fsp3) is 0.0435. The quantitative estimate of drug-likeness (QED) is 0.341. The minimum absolute atomic E-state index is 0.0683. The van der Waals surface area contributed by atoms with Crippen molar-refractivity contribution < 1.29 is 22.6 Å². The van der Waals surface area contributed by atoms with Gasteiger partial charge in [0.2, 0.25) is 0 Å². The smallest absolute Gasteiger partial charge is 0.337 e. The van der Waals surface area contributed by atoms with Crippen LogP contribution in [-0.2, 0) is 14.8 Å². The molecule has 5 rings (SSSR count). The minimum Gasteiger partial charge on any atom is -0.465 e. The number of carbonyl (C=O) groups excluding carboxylic acids is 1. The Morgan fingerprint density at radius 2 is 1.74 bits per heavy atom. The van der Waals surface area contributed by atoms with E-state index in [2.05, 4.69) is 24.8 Å². The SMILES string of the molecule is COC(=O)c1ccc(NS(=O)(=O)c2c(Sc3cccc4cccnc34)ccc3nonc23)cc1. The van der Waals surface area contributed by atoms with Gasteiger partial charge in [0.05, 0.1) is 18.2 Å². The summed E-state index contributed by atoms with van der Waals surface area (Å²) in [4.78, 5) is 17.3. The Kier molecular flexibility index (Phi) is 5.64. The van der Waals surface area contributed by atoms with Crippen LogP contribution in [0.25, 0.3) is 21.9 Å². The van der Waals surface area contributed by atoms with Crippen LogP contribution in [0.3, 0.4) is 0 Å². The zero-order chi connectivity index (χ0) is 23.7. The number of para-hydroxylation sites is 1. The van der Waals surface area contributed by atoms with Gasteiger partial charge in [0.15, 0.2) is 5.52 Å². The summed E-state index contributed by atoms with van der Waals surface area (Å²) in [5, 5.41) is 8.57. The van der Waals surface area contributed by atoms with Crippen molar-refractivity contribution in [3.8, 4) is 0 Å². The maximum atomic E-state index is 13.5. The Labute approximate surface area is 198 Å². The average molecular weight is 493 g/mol. The second-order valence-corrected chi connectivity index (χ2v) is 9.84. The predicted molar refractivity (Wildman–Crippen MR) is 126 cm³/mol. The summed E-state index contributed by atoms with van der Waals surface area (Å²) in [6, 6.07) is 18.7. The summed E-state index contributed by atoms with van der Waals surface area (Å²) in [6.07, 6.45) is 1.69. The Morgan fingerprint density at radius 1 is 0.941 bits per heavy atom. The first-order valence-electron chi connectivity index (χ1n) is 9.94. The lowest BCUT2D eigenvalue weighted by Gasteiger charge is -2.13. The highest BCUT2D eigenvalue weighted by Crippen LogP contribution is 2.39. The van der Waals surface area contributed by atoms with Crippen LogP contribution in [0.5, 0.6) is 0 Å². The number of rotatable bonds is 6. The number of nitrogens with one attached hydrogen (secondary N) is 1. The lowest BCUT2D eigenvalue weighted by atomic mass is 10.2. The van der Waals surface area contributed by atoms with Gasteiger partial charge in [-0.05, 0) is 58.8 Å². The second kappa shape index (κ2) is 8.76. The zero-order valence-corrected chi connectivity index (χ0v) is 19.3. The molecule has 0 bridgehead atoms. The maximum absolute atomic E-state index is 13.5. The number of methoxy groups -OCH3 is 1. The standard InChI is InChI=1S/C23H16N4O5S2/c1-31-23(28)15-7-9-16(10-8-15)27-34(29,30)22-19(12-11-17-21(22)26-32-25-17)33-18-6-2-4-14-5-3-13-24-20(14)18/h2-13,27H,1H3. The van der Waals surface area contributed by atoms with Crippen molar-refractivity contribution in [2.75, 3.05) is 11.8 Å². The molecule has 0 aliphatic rings. The first kappa shape index (κ1) is 21.9. The fourth-order valence-corrected chi connectivity index (χ4v) is 6.13. The van der Waals surface area contributed by atoms with Gasteiger partial charge in [-0.1, -0.05) is 30.0 Å². The third-order valence-corrected chi connectivity index (χ3v) is 7.68. The van der Waals surface area contributed by atoms with Crippen molar-refractivity contribution in [3.63, 3.8) is 0 Å². The van der Waals surface area contributed by atoms with Crippen LogP contribution >= 0.6 is 11.8 Å². The number of hydrogen-bond acceptors (Lipinski definition) is 9. The molecule has 3 aromatic carbocycles. The van der Waals surface area contributed by atoms with Gasteiger partial charge in [-0.15, -0.1) is 0 Å². The molecule has 0 atom stereocenters. The van der Waals surface area contributed by atoms with Crippen molar-refractivity contribution in [2.24, 2.45) is 0 Å². The minimum atomic E-state index is -4.12. The van der Waals surface area contributed by atoms with Gasteiger partial charge in [-0.2, -0.15) is 0 Å². The summed E-state index contributed by atoms with van der Waals surface area (Å²) in [7, 11) is -2.85. The van der Waals surface area contributed by atoms with Gasteiger partial charge >= 0.3 is 5.97 Å². The first-order chi connectivity index (χ1) is 16.5. The molecule has 11 heteroatoms. The number of nitrogens with zero attached hydrogens (tertiary/aromatic N) is 3. The highest BCUT2D eigenvalue weighted by molar-refractivity contribution is 8.00. The van der Waals surface area contributed by atoms with Gasteiger partial charge in [-0.25, -0.2) is 17.8 Å². The van der Waals surface area contributed by atoms with Gasteiger partial charge in [0.1, 0.15) is 10.4 Å². The summed E-state index contributed by atoms with van der Waals surface area (Å²) >= 11 is 1.26. The molecule has 0 spiro atoms. The van der Waals surface area contributed by atoms with E-state index in [1.165, 1.54) is 43.1 Å². The molecule has 170 valence electrons. The molecule has 2 heterocycles.